The lowest BCUT2D eigenvalue weighted by Gasteiger charge is -2.02. The molecule has 10 heavy (non-hydrogen) atoms. The van der Waals surface area contributed by atoms with Crippen molar-refractivity contribution in [3.05, 3.63) is 35.6 Å². The van der Waals surface area contributed by atoms with Crippen LogP contribution in [0, 0.1) is 5.82 Å². The zero-order valence-corrected chi connectivity index (χ0v) is 5.13. The van der Waals surface area contributed by atoms with Crippen LogP contribution in [-0.2, 0) is 0 Å². The highest BCUT2D eigenvalue weighted by molar-refractivity contribution is 5.17. The van der Waals surface area contributed by atoms with Crippen LogP contribution in [0.15, 0.2) is 24.3 Å². The lowest BCUT2D eigenvalue weighted by atomic mass is 10.1. The number of benzene rings is 1. The number of halogens is 1. The second kappa shape index (κ2) is 2.80. The first kappa shape index (κ1) is 3.49. The summed E-state index contributed by atoms with van der Waals surface area (Å²) in [7, 11) is 0. The molecule has 0 radical (unpaired) electrons. The molecule has 0 bridgehead atoms. The van der Waals surface area contributed by atoms with Gasteiger partial charge >= 0.3 is 0 Å². The van der Waals surface area contributed by atoms with Crippen LogP contribution in [0.5, 0.6) is 0 Å². The van der Waals surface area contributed by atoms with Gasteiger partial charge in [0.25, 0.3) is 0 Å². The van der Waals surface area contributed by atoms with Crippen LogP contribution in [0.2, 0.25) is 0 Å². The Morgan fingerprint density at radius 2 is 2.60 bits per heavy atom. The van der Waals surface area contributed by atoms with Crippen LogP contribution in [-0.4, -0.2) is 5.11 Å². The molecule has 0 fully saturated rings. The minimum absolute atomic E-state index is 0.280. The van der Waals surface area contributed by atoms with Gasteiger partial charge in [0, 0.05) is 4.11 Å². The van der Waals surface area contributed by atoms with Crippen molar-refractivity contribution in [2.45, 2.75) is 12.9 Å². The molecule has 0 aliphatic carbocycles. The van der Waals surface area contributed by atoms with E-state index in [1.54, 1.807) is 0 Å². The van der Waals surface area contributed by atoms with Crippen molar-refractivity contribution in [1.29, 1.82) is 0 Å². The molecule has 0 heterocycles. The number of aliphatic hydroxyl groups is 1. The first-order valence-corrected chi connectivity index (χ1v) is 2.73. The Hall–Kier alpha value is -0.890. The average molecular weight is 144 g/mol. The third-order valence-electron chi connectivity index (χ3n) is 1.10. The molecule has 0 saturated heterocycles. The summed E-state index contributed by atoms with van der Waals surface area (Å²) in [6, 6.07) is 4.39. The summed E-state index contributed by atoms with van der Waals surface area (Å²) in [4.78, 5) is 0. The molecule has 0 saturated carbocycles. The van der Waals surface area contributed by atoms with Gasteiger partial charge in [-0.1, -0.05) is 12.1 Å². The van der Waals surface area contributed by atoms with Crippen LogP contribution < -0.4 is 0 Å². The molecule has 0 amide bonds. The van der Waals surface area contributed by atoms with Gasteiger partial charge in [-0.05, 0) is 24.5 Å². The Morgan fingerprint density at radius 3 is 3.20 bits per heavy atom. The zero-order chi connectivity index (χ0) is 11.0. The standard InChI is InChI=1S/C8H9FO/c1-6(10)7-3-2-4-8(9)5-7/h2-6,10H,1H3/i1D3,6D. The topological polar surface area (TPSA) is 20.2 Å². The van der Waals surface area contributed by atoms with Gasteiger partial charge in [-0.3, -0.25) is 0 Å². The van der Waals surface area contributed by atoms with Gasteiger partial charge in [0.05, 0.1) is 7.45 Å². The predicted octanol–water partition coefficient (Wildman–Crippen LogP) is 1.88. The van der Waals surface area contributed by atoms with E-state index in [-0.39, 0.29) is 5.56 Å². The van der Waals surface area contributed by atoms with Gasteiger partial charge in [0.15, 0.2) is 0 Å². The van der Waals surface area contributed by atoms with Gasteiger partial charge in [-0.15, -0.1) is 0 Å². The lowest BCUT2D eigenvalue weighted by Crippen LogP contribution is -1.90. The quantitative estimate of drug-likeness (QED) is 0.638. The molecular weight excluding hydrogens is 131 g/mol. The van der Waals surface area contributed by atoms with Crippen molar-refractivity contribution in [2.75, 3.05) is 0 Å². The summed E-state index contributed by atoms with van der Waals surface area (Å²) in [5, 5.41) is 9.38. The van der Waals surface area contributed by atoms with E-state index in [2.05, 4.69) is 0 Å². The molecule has 0 aliphatic heterocycles. The summed E-state index contributed by atoms with van der Waals surface area (Å²) in [6.45, 7) is -2.90. The van der Waals surface area contributed by atoms with Crippen molar-refractivity contribution in [2.24, 2.45) is 0 Å². The van der Waals surface area contributed by atoms with Crippen LogP contribution in [0.3, 0.4) is 0 Å². The summed E-state index contributed by atoms with van der Waals surface area (Å²) in [5.74, 6) is -0.683. The molecule has 1 nitrogen and oxygen atoms in total. The van der Waals surface area contributed by atoms with Gasteiger partial charge in [0.2, 0.25) is 0 Å². The second-order valence-electron chi connectivity index (χ2n) is 1.86. The molecule has 1 aromatic carbocycles. The molecule has 1 atom stereocenters. The van der Waals surface area contributed by atoms with Crippen LogP contribution in [0.25, 0.3) is 0 Å². The lowest BCUT2D eigenvalue weighted by molar-refractivity contribution is 0.199. The highest BCUT2D eigenvalue weighted by Gasteiger charge is 1.99. The molecule has 1 unspecified atom stereocenters. The molecule has 1 N–H and O–H groups in total. The van der Waals surface area contributed by atoms with E-state index in [0.29, 0.717) is 0 Å². The van der Waals surface area contributed by atoms with E-state index in [0.717, 1.165) is 12.1 Å². The van der Waals surface area contributed by atoms with E-state index >= 15 is 0 Å². The number of hydrogen-bond donors (Lipinski definition) is 1. The predicted molar refractivity (Wildman–Crippen MR) is 37.0 cm³/mol. The minimum Gasteiger partial charge on any atom is -0.389 e. The van der Waals surface area contributed by atoms with Crippen molar-refractivity contribution in [3.63, 3.8) is 0 Å². The smallest absolute Gasteiger partial charge is 0.123 e. The monoisotopic (exact) mass is 144 g/mol. The highest BCUT2D eigenvalue weighted by atomic mass is 19.1. The maximum absolute atomic E-state index is 12.7. The van der Waals surface area contributed by atoms with E-state index in [1.165, 1.54) is 12.1 Å². The van der Waals surface area contributed by atoms with E-state index < -0.39 is 18.7 Å². The summed E-state index contributed by atoms with van der Waals surface area (Å²) in [5.41, 5.74) is -0.280. The average Bonchev–Trinajstić information content (AvgIpc) is 2.02. The zero-order valence-electron chi connectivity index (χ0n) is 9.13. The third-order valence-corrected chi connectivity index (χ3v) is 1.10. The Labute approximate surface area is 64.7 Å². The van der Waals surface area contributed by atoms with Crippen molar-refractivity contribution in [1.82, 2.24) is 0 Å². The Balaban J connectivity index is 3.16. The fraction of sp³-hybridized carbons (Fsp3) is 0.250. The number of hydrogen-bond acceptors (Lipinski definition) is 1. The van der Waals surface area contributed by atoms with Gasteiger partial charge in [0.1, 0.15) is 5.82 Å². The molecular formula is C8H9FO. The fourth-order valence-corrected chi connectivity index (χ4v) is 0.636. The van der Waals surface area contributed by atoms with Crippen LogP contribution in [0.1, 0.15) is 24.0 Å². The maximum atomic E-state index is 12.7. The minimum atomic E-state index is -2.90. The Kier molecular flexibility index (Phi) is 0.975. The second-order valence-corrected chi connectivity index (χ2v) is 1.86. The molecule has 2 heteroatoms. The van der Waals surface area contributed by atoms with E-state index in [4.69, 9.17) is 5.48 Å². The Bertz CT molecular complexity index is 334. The molecule has 0 spiro atoms. The van der Waals surface area contributed by atoms with Gasteiger partial charge in [-0.25, -0.2) is 4.39 Å². The first-order valence-electron chi connectivity index (χ1n) is 4.73. The van der Waals surface area contributed by atoms with E-state index in [9.17, 15) is 9.50 Å². The number of rotatable bonds is 1. The van der Waals surface area contributed by atoms with Gasteiger partial charge < -0.3 is 5.11 Å². The van der Waals surface area contributed by atoms with Crippen LogP contribution in [0.4, 0.5) is 4.39 Å². The maximum Gasteiger partial charge on any atom is 0.123 e. The molecule has 54 valence electrons. The molecule has 0 aliphatic rings. The first-order chi connectivity index (χ1) is 6.25. The largest absolute Gasteiger partial charge is 0.389 e. The van der Waals surface area contributed by atoms with Crippen molar-refractivity contribution >= 4 is 0 Å². The van der Waals surface area contributed by atoms with Crippen molar-refractivity contribution < 1.29 is 15.0 Å². The summed E-state index contributed by atoms with van der Waals surface area (Å²) < 4.78 is 40.7. The van der Waals surface area contributed by atoms with E-state index in [1.807, 2.05) is 0 Å². The highest BCUT2D eigenvalue weighted by Crippen LogP contribution is 2.11. The van der Waals surface area contributed by atoms with Gasteiger partial charge in [-0.2, -0.15) is 0 Å². The normalized spacial score (nSPS) is 23.4. The van der Waals surface area contributed by atoms with Crippen LogP contribution >= 0.6 is 0 Å². The molecule has 1 rings (SSSR count). The molecule has 0 aromatic heterocycles. The third kappa shape index (κ3) is 1.54. The fourth-order valence-electron chi connectivity index (χ4n) is 0.636. The SMILES string of the molecule is [2H]C([2H])([2H])C([2H])(O)c1cccc(F)c1. The summed E-state index contributed by atoms with van der Waals surface area (Å²) >= 11 is 0. The Morgan fingerprint density at radius 1 is 1.80 bits per heavy atom. The molecule has 1 aromatic rings. The van der Waals surface area contributed by atoms with Crippen molar-refractivity contribution in [3.8, 4) is 0 Å². The summed E-state index contributed by atoms with van der Waals surface area (Å²) in [6.07, 6.45) is -2.77.